The van der Waals surface area contributed by atoms with Crippen LogP contribution < -0.4 is 5.32 Å². The molecule has 0 radical (unpaired) electrons. The van der Waals surface area contributed by atoms with E-state index in [9.17, 15) is 0 Å². The van der Waals surface area contributed by atoms with E-state index in [-0.39, 0.29) is 27.2 Å². The molecule has 0 amide bonds. The van der Waals surface area contributed by atoms with Gasteiger partial charge < -0.3 is 16.8 Å². The summed E-state index contributed by atoms with van der Waals surface area (Å²) in [7, 11) is 1.97. The number of rotatable bonds is 6. The first-order valence-corrected chi connectivity index (χ1v) is 9.70. The maximum absolute atomic E-state index is 7.66. The fraction of sp³-hybridized carbons (Fsp3) is 0.429. The summed E-state index contributed by atoms with van der Waals surface area (Å²) in [5.74, 6) is 0. The summed E-state index contributed by atoms with van der Waals surface area (Å²) in [5, 5.41) is 3.32. The van der Waals surface area contributed by atoms with E-state index in [4.69, 9.17) is 11.5 Å². The molecule has 6 heteroatoms. The second-order valence-corrected chi connectivity index (χ2v) is 6.01. The standard InChI is InChI=1S/C13H22N3.C6H6NS.C2H6.W/c1-4-9-16(5-2)13(15-3)11-7-6-8-12(14)10-11;7-5-1-3-6(8)4-2-5;1-2;/h6-8,10,13-15H,4-5,9H2,1-3H3;1-4,7-8H;1-2H3;/q2*-1;;+2. The van der Waals surface area contributed by atoms with Crippen molar-refractivity contribution in [1.82, 2.24) is 10.2 Å². The molecule has 0 aromatic heterocycles. The van der Waals surface area contributed by atoms with Crippen molar-refractivity contribution < 1.29 is 21.1 Å². The smallest absolute Gasteiger partial charge is 0.699 e. The molecule has 0 saturated heterocycles. The van der Waals surface area contributed by atoms with Crippen molar-refractivity contribution in [3.05, 3.63) is 65.6 Å². The van der Waals surface area contributed by atoms with Crippen molar-refractivity contribution in [2.45, 2.75) is 45.2 Å². The summed E-state index contributed by atoms with van der Waals surface area (Å²) in [5.41, 5.74) is 17.0. The van der Waals surface area contributed by atoms with E-state index in [1.807, 2.05) is 39.1 Å². The molecule has 3 N–H and O–H groups in total. The van der Waals surface area contributed by atoms with Crippen LogP contribution >= 0.6 is 12.6 Å². The molecule has 27 heavy (non-hydrogen) atoms. The second kappa shape index (κ2) is 17.1. The maximum atomic E-state index is 7.66. The zero-order chi connectivity index (χ0) is 19.9. The maximum Gasteiger partial charge on any atom is 2.00 e. The van der Waals surface area contributed by atoms with Crippen LogP contribution in [0.25, 0.3) is 11.5 Å². The van der Waals surface area contributed by atoms with Gasteiger partial charge in [-0.2, -0.15) is 0 Å². The molecule has 150 valence electrons. The minimum atomic E-state index is 0. The van der Waals surface area contributed by atoms with Crippen LogP contribution in [0.1, 0.15) is 45.8 Å². The van der Waals surface area contributed by atoms with Gasteiger partial charge in [0.15, 0.2) is 0 Å². The summed E-state index contributed by atoms with van der Waals surface area (Å²) in [6, 6.07) is 14.8. The summed E-state index contributed by atoms with van der Waals surface area (Å²) < 4.78 is 0. The monoisotopic (exact) mass is 558 g/mol. The van der Waals surface area contributed by atoms with Gasteiger partial charge in [0.25, 0.3) is 0 Å². The van der Waals surface area contributed by atoms with Gasteiger partial charge in [-0.25, -0.2) is 0 Å². The molecule has 0 saturated carbocycles. The third-order valence-corrected chi connectivity index (χ3v) is 3.92. The average Bonchev–Trinajstić information content (AvgIpc) is 2.66. The van der Waals surface area contributed by atoms with Crippen LogP contribution in [0.15, 0.2) is 53.4 Å². The first-order chi connectivity index (χ1) is 12.5. The Kier molecular flexibility index (Phi) is 17.9. The van der Waals surface area contributed by atoms with E-state index in [1.54, 1.807) is 24.3 Å². The summed E-state index contributed by atoms with van der Waals surface area (Å²) >= 11 is 4.05. The van der Waals surface area contributed by atoms with Crippen molar-refractivity contribution in [1.29, 1.82) is 0 Å². The van der Waals surface area contributed by atoms with Crippen LogP contribution in [0.5, 0.6) is 0 Å². The molecule has 1 atom stereocenters. The molecule has 0 spiro atoms. The normalized spacial score (nSPS) is 10.6. The predicted molar refractivity (Wildman–Crippen MR) is 119 cm³/mol. The molecule has 0 bridgehead atoms. The molecular weight excluding hydrogens is 524 g/mol. The third kappa shape index (κ3) is 11.4. The third-order valence-electron chi connectivity index (χ3n) is 3.63. The van der Waals surface area contributed by atoms with Crippen LogP contribution in [-0.2, 0) is 21.1 Å². The van der Waals surface area contributed by atoms with Gasteiger partial charge in [-0.3, -0.25) is 4.90 Å². The molecule has 0 aliphatic heterocycles. The van der Waals surface area contributed by atoms with E-state index >= 15 is 0 Å². The van der Waals surface area contributed by atoms with Crippen LogP contribution in [0.4, 0.5) is 11.4 Å². The molecular formula is C21H34N4SW. The number of benzene rings is 2. The summed E-state index contributed by atoms with van der Waals surface area (Å²) in [6.07, 6.45) is 1.36. The van der Waals surface area contributed by atoms with Crippen LogP contribution in [0.2, 0.25) is 0 Å². The van der Waals surface area contributed by atoms with Crippen molar-refractivity contribution in [3.8, 4) is 0 Å². The van der Waals surface area contributed by atoms with Crippen molar-refractivity contribution in [2.75, 3.05) is 20.1 Å². The average molecular weight is 558 g/mol. The largest absolute Gasteiger partial charge is 2.00 e. The number of hydrogen-bond acceptors (Lipinski definition) is 3. The Balaban J connectivity index is 0. The number of nitrogens with one attached hydrogen (secondary N) is 3. The summed E-state index contributed by atoms with van der Waals surface area (Å²) in [6.45, 7) is 10.5. The molecule has 0 aliphatic rings. The van der Waals surface area contributed by atoms with E-state index in [2.05, 4.69) is 42.8 Å². The van der Waals surface area contributed by atoms with Gasteiger partial charge in [0.05, 0.1) is 6.17 Å². The zero-order valence-corrected chi connectivity index (χ0v) is 20.9. The van der Waals surface area contributed by atoms with Gasteiger partial charge in [0.1, 0.15) is 0 Å². The Bertz CT molecular complexity index is 572. The molecule has 0 fully saturated rings. The fourth-order valence-corrected chi connectivity index (χ4v) is 2.64. The van der Waals surface area contributed by atoms with Crippen LogP contribution in [0.3, 0.4) is 0 Å². The van der Waals surface area contributed by atoms with Crippen LogP contribution in [0, 0.1) is 0 Å². The quantitative estimate of drug-likeness (QED) is 0.296. The zero-order valence-electron chi connectivity index (χ0n) is 17.1. The summed E-state index contributed by atoms with van der Waals surface area (Å²) in [4.78, 5) is 3.29. The second-order valence-electron chi connectivity index (χ2n) is 5.49. The SMILES string of the molecule is CC.CCCN(CC)C(NC)c1cccc([NH-])c1.[NH-]c1ccc(S)cc1.[W+2]. The Morgan fingerprint density at radius 3 is 2.00 bits per heavy atom. The molecule has 0 aliphatic carbocycles. The van der Waals surface area contributed by atoms with E-state index in [0.29, 0.717) is 11.4 Å². The van der Waals surface area contributed by atoms with Crippen LogP contribution in [-0.4, -0.2) is 25.0 Å². The van der Waals surface area contributed by atoms with Gasteiger partial charge in [0, 0.05) is 4.90 Å². The fourth-order valence-electron chi connectivity index (χ4n) is 2.49. The number of nitrogens with zero attached hydrogens (tertiary/aromatic N) is 1. The van der Waals surface area contributed by atoms with E-state index in [0.717, 1.165) is 24.4 Å². The van der Waals surface area contributed by atoms with Gasteiger partial charge in [0.2, 0.25) is 0 Å². The van der Waals surface area contributed by atoms with Crippen molar-refractivity contribution in [3.63, 3.8) is 0 Å². The van der Waals surface area contributed by atoms with Gasteiger partial charge in [-0.05, 0) is 32.1 Å². The first-order valence-electron chi connectivity index (χ1n) is 9.25. The van der Waals surface area contributed by atoms with Gasteiger partial charge in [-0.1, -0.05) is 76.2 Å². The van der Waals surface area contributed by atoms with Gasteiger partial charge >= 0.3 is 21.1 Å². The molecule has 1 unspecified atom stereocenters. The molecule has 0 heterocycles. The van der Waals surface area contributed by atoms with E-state index in [1.165, 1.54) is 5.56 Å². The molecule has 4 nitrogen and oxygen atoms in total. The molecule has 2 aromatic carbocycles. The minimum absolute atomic E-state index is 0. The van der Waals surface area contributed by atoms with E-state index < -0.39 is 0 Å². The Morgan fingerprint density at radius 1 is 1.00 bits per heavy atom. The van der Waals surface area contributed by atoms with Gasteiger partial charge in [-0.15, -0.1) is 24.0 Å². The number of thiol groups is 1. The van der Waals surface area contributed by atoms with Crippen molar-refractivity contribution in [2.24, 2.45) is 0 Å². The molecule has 2 rings (SSSR count). The Hall–Kier alpha value is -1.00. The number of hydrogen-bond donors (Lipinski definition) is 2. The minimum Gasteiger partial charge on any atom is -0.699 e. The predicted octanol–water partition coefficient (Wildman–Crippen LogP) is 7.00. The Labute approximate surface area is 185 Å². The topological polar surface area (TPSA) is 62.9 Å². The first kappa shape index (κ1) is 28.2. The van der Waals surface area contributed by atoms with Crippen molar-refractivity contribution >= 4 is 24.0 Å². The molecule has 2 aromatic rings. The Morgan fingerprint density at radius 2 is 1.59 bits per heavy atom.